The van der Waals surface area contributed by atoms with Gasteiger partial charge in [0, 0.05) is 32.5 Å². The van der Waals surface area contributed by atoms with Crippen LogP contribution < -0.4 is 5.43 Å². The number of carbonyl (C=O) groups is 1. The largest absolute Gasteiger partial charge is 0.451 e. The van der Waals surface area contributed by atoms with Crippen LogP contribution in [0.4, 0.5) is 0 Å². The molecule has 1 N–H and O–H groups in total. The summed E-state index contributed by atoms with van der Waals surface area (Å²) < 4.78 is 8.66. The molecule has 0 unspecified atom stereocenters. The Morgan fingerprint density at radius 1 is 1.11 bits per heavy atom. The highest BCUT2D eigenvalue weighted by molar-refractivity contribution is 9.10. The van der Waals surface area contributed by atoms with E-state index in [0.29, 0.717) is 5.58 Å². The molecule has 2 aromatic carbocycles. The number of amides is 1. The Bertz CT molecular complexity index is 1190. The van der Waals surface area contributed by atoms with Crippen LogP contribution in [-0.4, -0.2) is 16.7 Å². The summed E-state index contributed by atoms with van der Waals surface area (Å²) in [6.07, 6.45) is 1.65. The lowest BCUT2D eigenvalue weighted by Crippen LogP contribution is -2.16. The second-order valence-corrected chi connectivity index (χ2v) is 7.41. The first-order valence-electron chi connectivity index (χ1n) is 8.80. The van der Waals surface area contributed by atoms with Crippen molar-refractivity contribution in [2.24, 2.45) is 5.10 Å². The lowest BCUT2D eigenvalue weighted by atomic mass is 10.2. The molecule has 140 valence electrons. The molecule has 4 aromatic rings. The van der Waals surface area contributed by atoms with Gasteiger partial charge < -0.3 is 8.98 Å². The lowest BCUT2D eigenvalue weighted by Gasteiger charge is -2.08. The number of furan rings is 1. The van der Waals surface area contributed by atoms with Gasteiger partial charge in [-0.25, -0.2) is 5.43 Å². The maximum absolute atomic E-state index is 12.3. The molecule has 0 saturated carbocycles. The maximum Gasteiger partial charge on any atom is 0.307 e. The minimum Gasteiger partial charge on any atom is -0.451 e. The topological polar surface area (TPSA) is 59.5 Å². The van der Waals surface area contributed by atoms with E-state index in [1.165, 1.54) is 0 Å². The molecule has 0 aliphatic heterocycles. The van der Waals surface area contributed by atoms with Crippen LogP contribution in [0.2, 0.25) is 0 Å². The number of hydrogen-bond donors (Lipinski definition) is 1. The summed E-state index contributed by atoms with van der Waals surface area (Å²) >= 11 is 3.41. The standard InChI is InChI=1S/C22H18BrN3O2/c1-14-10-17(15(2)26(14)19-6-4-3-5-7-19)13-24-25-22(27)21-12-16-11-18(23)8-9-20(16)28-21/h3-13H,1-2H3,(H,25,27)/b24-13-. The van der Waals surface area contributed by atoms with Gasteiger partial charge in [-0.15, -0.1) is 0 Å². The molecule has 2 heterocycles. The Kier molecular flexibility index (Phi) is 4.88. The SMILES string of the molecule is Cc1cc(/C=N\NC(=O)c2cc3cc(Br)ccc3o2)c(C)n1-c1ccccc1. The summed E-state index contributed by atoms with van der Waals surface area (Å²) in [4.78, 5) is 12.3. The number of carbonyl (C=O) groups excluding carboxylic acids is 1. The smallest absolute Gasteiger partial charge is 0.307 e. The molecular weight excluding hydrogens is 418 g/mol. The van der Waals surface area contributed by atoms with Gasteiger partial charge in [0.1, 0.15) is 5.58 Å². The number of aryl methyl sites for hydroxylation is 1. The Labute approximate surface area is 170 Å². The van der Waals surface area contributed by atoms with Gasteiger partial charge >= 0.3 is 5.91 Å². The zero-order valence-corrected chi connectivity index (χ0v) is 17.0. The predicted molar refractivity (Wildman–Crippen MR) is 114 cm³/mol. The third-order valence-corrected chi connectivity index (χ3v) is 5.05. The number of hydrazone groups is 1. The lowest BCUT2D eigenvalue weighted by molar-refractivity contribution is 0.0929. The van der Waals surface area contributed by atoms with E-state index in [1.54, 1.807) is 12.3 Å². The van der Waals surface area contributed by atoms with Crippen LogP contribution >= 0.6 is 15.9 Å². The highest BCUT2D eigenvalue weighted by Gasteiger charge is 2.12. The Morgan fingerprint density at radius 2 is 1.89 bits per heavy atom. The summed E-state index contributed by atoms with van der Waals surface area (Å²) in [6.45, 7) is 4.07. The van der Waals surface area contributed by atoms with Gasteiger partial charge in [-0.3, -0.25) is 4.79 Å². The van der Waals surface area contributed by atoms with Crippen LogP contribution in [0.25, 0.3) is 16.7 Å². The van der Waals surface area contributed by atoms with E-state index < -0.39 is 0 Å². The molecule has 0 radical (unpaired) electrons. The molecular formula is C22H18BrN3O2. The molecule has 1 amide bonds. The van der Waals surface area contributed by atoms with E-state index >= 15 is 0 Å². The second-order valence-electron chi connectivity index (χ2n) is 6.49. The predicted octanol–water partition coefficient (Wildman–Crippen LogP) is 5.37. The van der Waals surface area contributed by atoms with Crippen molar-refractivity contribution in [2.75, 3.05) is 0 Å². The van der Waals surface area contributed by atoms with Crippen molar-refractivity contribution >= 4 is 39.0 Å². The van der Waals surface area contributed by atoms with Crippen molar-refractivity contribution < 1.29 is 9.21 Å². The van der Waals surface area contributed by atoms with Gasteiger partial charge in [-0.2, -0.15) is 5.10 Å². The van der Waals surface area contributed by atoms with E-state index in [1.807, 2.05) is 56.3 Å². The molecule has 6 heteroatoms. The van der Waals surface area contributed by atoms with Crippen molar-refractivity contribution in [2.45, 2.75) is 13.8 Å². The summed E-state index contributed by atoms with van der Waals surface area (Å²) in [5.74, 6) is -0.166. The van der Waals surface area contributed by atoms with E-state index in [9.17, 15) is 4.79 Å². The molecule has 5 nitrogen and oxygen atoms in total. The Balaban J connectivity index is 1.52. The number of halogens is 1. The average Bonchev–Trinajstić information content (AvgIpc) is 3.22. The van der Waals surface area contributed by atoms with Gasteiger partial charge in [0.25, 0.3) is 0 Å². The Hall–Kier alpha value is -3.12. The van der Waals surface area contributed by atoms with Crippen LogP contribution in [0.5, 0.6) is 0 Å². The van der Waals surface area contributed by atoms with Crippen molar-refractivity contribution in [3.05, 3.63) is 87.8 Å². The Morgan fingerprint density at radius 3 is 2.68 bits per heavy atom. The number of rotatable bonds is 4. The number of benzene rings is 2. The van der Waals surface area contributed by atoms with Crippen molar-refractivity contribution in [1.29, 1.82) is 0 Å². The van der Waals surface area contributed by atoms with Crippen LogP contribution in [0.15, 0.2) is 74.7 Å². The van der Waals surface area contributed by atoms with Crippen molar-refractivity contribution in [1.82, 2.24) is 9.99 Å². The molecule has 0 aliphatic carbocycles. The monoisotopic (exact) mass is 435 g/mol. The molecule has 0 bridgehead atoms. The summed E-state index contributed by atoms with van der Waals surface area (Å²) in [7, 11) is 0. The van der Waals surface area contributed by atoms with E-state index in [4.69, 9.17) is 4.42 Å². The molecule has 4 rings (SSSR count). The van der Waals surface area contributed by atoms with Crippen LogP contribution in [0.1, 0.15) is 27.5 Å². The van der Waals surface area contributed by atoms with E-state index in [-0.39, 0.29) is 11.7 Å². The van der Waals surface area contributed by atoms with Crippen LogP contribution in [0, 0.1) is 13.8 Å². The third-order valence-electron chi connectivity index (χ3n) is 4.56. The van der Waals surface area contributed by atoms with Gasteiger partial charge in [-0.05, 0) is 56.3 Å². The molecule has 0 spiro atoms. The molecule has 0 atom stereocenters. The molecule has 2 aromatic heterocycles. The van der Waals surface area contributed by atoms with Gasteiger partial charge in [0.05, 0.1) is 6.21 Å². The minimum atomic E-state index is -0.388. The van der Waals surface area contributed by atoms with Crippen LogP contribution in [0.3, 0.4) is 0 Å². The van der Waals surface area contributed by atoms with Crippen molar-refractivity contribution in [3.63, 3.8) is 0 Å². The first kappa shape index (κ1) is 18.3. The molecule has 0 fully saturated rings. The molecule has 0 aliphatic rings. The van der Waals surface area contributed by atoms with Gasteiger partial charge in [0.2, 0.25) is 0 Å². The number of hydrogen-bond acceptors (Lipinski definition) is 3. The van der Waals surface area contributed by atoms with Crippen LogP contribution in [-0.2, 0) is 0 Å². The zero-order chi connectivity index (χ0) is 19.7. The maximum atomic E-state index is 12.3. The number of fused-ring (bicyclic) bond motifs is 1. The number of nitrogens with zero attached hydrogens (tertiary/aromatic N) is 2. The zero-order valence-electron chi connectivity index (χ0n) is 15.4. The number of para-hydroxylation sites is 1. The summed E-state index contributed by atoms with van der Waals surface area (Å²) in [6, 6.07) is 19.5. The van der Waals surface area contributed by atoms with Gasteiger partial charge in [-0.1, -0.05) is 34.1 Å². The fourth-order valence-electron chi connectivity index (χ4n) is 3.23. The highest BCUT2D eigenvalue weighted by Crippen LogP contribution is 2.23. The second kappa shape index (κ2) is 7.48. The summed E-state index contributed by atoms with van der Waals surface area (Å²) in [5.41, 5.74) is 7.37. The van der Waals surface area contributed by atoms with E-state index in [0.717, 1.165) is 32.5 Å². The highest BCUT2D eigenvalue weighted by atomic mass is 79.9. The fourth-order valence-corrected chi connectivity index (χ4v) is 3.61. The van der Waals surface area contributed by atoms with Gasteiger partial charge in [0.15, 0.2) is 5.76 Å². The third kappa shape index (κ3) is 3.51. The fraction of sp³-hybridized carbons (Fsp3) is 0.0909. The number of nitrogens with one attached hydrogen (secondary N) is 1. The van der Waals surface area contributed by atoms with Crippen molar-refractivity contribution in [3.8, 4) is 5.69 Å². The van der Waals surface area contributed by atoms with E-state index in [2.05, 4.69) is 43.2 Å². The molecule has 0 saturated heterocycles. The number of aromatic nitrogens is 1. The summed E-state index contributed by atoms with van der Waals surface area (Å²) in [5, 5.41) is 4.96. The minimum absolute atomic E-state index is 0.222. The average molecular weight is 436 g/mol. The first-order valence-corrected chi connectivity index (χ1v) is 9.59. The quantitative estimate of drug-likeness (QED) is 0.346. The first-order chi connectivity index (χ1) is 13.5. The normalized spacial score (nSPS) is 11.4. The molecule has 28 heavy (non-hydrogen) atoms.